The second-order valence-corrected chi connectivity index (χ2v) is 3.52. The molecule has 0 aromatic heterocycles. The van der Waals surface area contributed by atoms with Crippen molar-refractivity contribution in [1.82, 2.24) is 0 Å². The number of hydrogen-bond donors (Lipinski definition) is 1. The van der Waals surface area contributed by atoms with Crippen molar-refractivity contribution >= 4 is 46.4 Å². The van der Waals surface area contributed by atoms with E-state index in [2.05, 4.69) is 5.32 Å². The Bertz CT molecular complexity index is 347. The number of halogens is 4. The number of amides is 1. The molecule has 0 saturated carbocycles. The molecule has 0 aliphatic heterocycles. The lowest BCUT2D eigenvalue weighted by Crippen LogP contribution is -2.12. The number of nitrogens with one attached hydrogen (secondary N) is 1. The van der Waals surface area contributed by atoms with Crippen LogP contribution in [0.25, 0.3) is 0 Å². The molecule has 1 amide bonds. The second-order valence-electron chi connectivity index (χ2n) is 2.44. The molecule has 0 bridgehead atoms. The molecule has 1 N–H and O–H groups in total. The maximum atomic E-state index is 12.9. The van der Waals surface area contributed by atoms with E-state index in [9.17, 15) is 9.18 Å². The Morgan fingerprint density at radius 3 is 2.29 bits per heavy atom. The number of rotatable bonds is 2. The minimum Gasteiger partial charge on any atom is -0.325 e. The van der Waals surface area contributed by atoms with Gasteiger partial charge >= 0.3 is 0 Å². The van der Waals surface area contributed by atoms with Crippen LogP contribution in [-0.4, -0.2) is 11.8 Å². The SMILES string of the molecule is O=C(CCl)Nc1cc(Cl)c(F)c(Cl)c1. The molecule has 1 rings (SSSR count). The number of carbonyl (C=O) groups excluding carboxylic acids is 1. The predicted octanol–water partition coefficient (Wildman–Crippen LogP) is 3.31. The monoisotopic (exact) mass is 255 g/mol. The van der Waals surface area contributed by atoms with Gasteiger partial charge in [0.1, 0.15) is 5.88 Å². The Labute approximate surface area is 94.9 Å². The van der Waals surface area contributed by atoms with Gasteiger partial charge in [0.05, 0.1) is 10.0 Å². The zero-order valence-electron chi connectivity index (χ0n) is 6.78. The van der Waals surface area contributed by atoms with Crippen molar-refractivity contribution in [2.24, 2.45) is 0 Å². The van der Waals surface area contributed by atoms with Crippen LogP contribution in [0.5, 0.6) is 0 Å². The highest BCUT2D eigenvalue weighted by Gasteiger charge is 2.08. The summed E-state index contributed by atoms with van der Waals surface area (Å²) in [5, 5.41) is 2.09. The number of alkyl halides is 1. The minimum atomic E-state index is -0.711. The van der Waals surface area contributed by atoms with Crippen molar-refractivity contribution < 1.29 is 9.18 Å². The lowest BCUT2D eigenvalue weighted by molar-refractivity contribution is -0.113. The topological polar surface area (TPSA) is 29.1 Å². The minimum absolute atomic E-state index is 0.151. The van der Waals surface area contributed by atoms with Crippen molar-refractivity contribution in [3.05, 3.63) is 28.0 Å². The molecule has 76 valence electrons. The molecule has 0 atom stereocenters. The summed E-state index contributed by atoms with van der Waals surface area (Å²) in [7, 11) is 0. The Hall–Kier alpha value is -0.510. The van der Waals surface area contributed by atoms with Gasteiger partial charge in [-0.3, -0.25) is 4.79 Å². The van der Waals surface area contributed by atoms with Gasteiger partial charge in [-0.05, 0) is 12.1 Å². The van der Waals surface area contributed by atoms with Gasteiger partial charge in [0, 0.05) is 5.69 Å². The zero-order chi connectivity index (χ0) is 10.7. The highest BCUT2D eigenvalue weighted by molar-refractivity contribution is 6.35. The first-order chi connectivity index (χ1) is 6.54. The number of anilines is 1. The molecule has 1 aromatic carbocycles. The molecule has 6 heteroatoms. The van der Waals surface area contributed by atoms with Crippen LogP contribution in [0.3, 0.4) is 0 Å². The van der Waals surface area contributed by atoms with E-state index >= 15 is 0 Å². The van der Waals surface area contributed by atoms with Gasteiger partial charge in [0.2, 0.25) is 5.91 Å². The van der Waals surface area contributed by atoms with E-state index in [-0.39, 0.29) is 15.9 Å². The van der Waals surface area contributed by atoms with Gasteiger partial charge in [-0.1, -0.05) is 23.2 Å². The summed E-state index contributed by atoms with van der Waals surface area (Å²) in [6.07, 6.45) is 0. The molecule has 0 radical (unpaired) electrons. The molecule has 14 heavy (non-hydrogen) atoms. The lowest BCUT2D eigenvalue weighted by atomic mass is 10.3. The maximum Gasteiger partial charge on any atom is 0.239 e. The Morgan fingerprint density at radius 1 is 1.36 bits per heavy atom. The quantitative estimate of drug-likeness (QED) is 0.638. The molecule has 0 aliphatic carbocycles. The summed E-state index contributed by atoms with van der Waals surface area (Å²) in [5.74, 6) is -1.31. The molecular weight excluding hydrogens is 251 g/mol. The zero-order valence-corrected chi connectivity index (χ0v) is 9.05. The Balaban J connectivity index is 2.95. The number of benzene rings is 1. The molecule has 0 fully saturated rings. The highest BCUT2D eigenvalue weighted by Crippen LogP contribution is 2.27. The van der Waals surface area contributed by atoms with E-state index in [4.69, 9.17) is 34.8 Å². The van der Waals surface area contributed by atoms with Crippen LogP contribution in [0.4, 0.5) is 10.1 Å². The first kappa shape index (κ1) is 11.6. The van der Waals surface area contributed by atoms with Gasteiger partial charge < -0.3 is 5.32 Å². The highest BCUT2D eigenvalue weighted by atomic mass is 35.5. The van der Waals surface area contributed by atoms with E-state index in [0.717, 1.165) is 0 Å². The van der Waals surface area contributed by atoms with Crippen LogP contribution in [0, 0.1) is 5.82 Å². The van der Waals surface area contributed by atoms with E-state index in [1.54, 1.807) is 0 Å². The van der Waals surface area contributed by atoms with Gasteiger partial charge in [-0.2, -0.15) is 0 Å². The fourth-order valence-electron chi connectivity index (χ4n) is 0.822. The molecule has 2 nitrogen and oxygen atoms in total. The van der Waals surface area contributed by atoms with Crippen LogP contribution in [0.2, 0.25) is 10.0 Å². The summed E-state index contributed by atoms with van der Waals surface area (Å²) in [4.78, 5) is 10.9. The van der Waals surface area contributed by atoms with Crippen molar-refractivity contribution in [1.29, 1.82) is 0 Å². The van der Waals surface area contributed by atoms with Crippen LogP contribution in [-0.2, 0) is 4.79 Å². The normalized spacial score (nSPS) is 10.0. The van der Waals surface area contributed by atoms with E-state index < -0.39 is 11.7 Å². The van der Waals surface area contributed by atoms with Crippen molar-refractivity contribution in [2.45, 2.75) is 0 Å². The van der Waals surface area contributed by atoms with Crippen molar-refractivity contribution in [2.75, 3.05) is 11.2 Å². The average Bonchev–Trinajstić information content (AvgIpc) is 2.14. The lowest BCUT2D eigenvalue weighted by Gasteiger charge is -2.05. The largest absolute Gasteiger partial charge is 0.325 e. The van der Waals surface area contributed by atoms with Crippen molar-refractivity contribution in [3.63, 3.8) is 0 Å². The molecule has 0 unspecified atom stereocenters. The van der Waals surface area contributed by atoms with Crippen LogP contribution >= 0.6 is 34.8 Å². The number of carbonyl (C=O) groups is 1. The number of hydrogen-bond acceptors (Lipinski definition) is 1. The first-order valence-corrected chi connectivity index (χ1v) is 4.84. The van der Waals surface area contributed by atoms with E-state index in [1.807, 2.05) is 0 Å². The van der Waals surface area contributed by atoms with Crippen LogP contribution in [0.1, 0.15) is 0 Å². The standard InChI is InChI=1S/C8H5Cl3FNO/c9-3-7(14)13-4-1-5(10)8(12)6(11)2-4/h1-2H,3H2,(H,13,14). The Kier molecular flexibility index (Phi) is 3.98. The smallest absolute Gasteiger partial charge is 0.239 e. The third-order valence-corrected chi connectivity index (χ3v) is 2.18. The maximum absolute atomic E-state index is 12.9. The molecule has 1 aromatic rings. The average molecular weight is 256 g/mol. The molecule has 0 heterocycles. The second kappa shape index (κ2) is 4.82. The molecule has 0 spiro atoms. The summed E-state index contributed by atoms with van der Waals surface area (Å²) < 4.78 is 12.9. The van der Waals surface area contributed by atoms with Crippen molar-refractivity contribution in [3.8, 4) is 0 Å². The Morgan fingerprint density at radius 2 is 1.86 bits per heavy atom. The summed E-state index contributed by atoms with van der Waals surface area (Å²) in [6.45, 7) is 0. The summed E-state index contributed by atoms with van der Waals surface area (Å²) >= 11 is 16.3. The third kappa shape index (κ3) is 2.74. The van der Waals surface area contributed by atoms with E-state index in [1.165, 1.54) is 12.1 Å². The van der Waals surface area contributed by atoms with Gasteiger partial charge in [-0.15, -0.1) is 11.6 Å². The summed E-state index contributed by atoms with van der Waals surface area (Å²) in [6, 6.07) is 2.51. The van der Waals surface area contributed by atoms with Crippen LogP contribution in [0.15, 0.2) is 12.1 Å². The van der Waals surface area contributed by atoms with Gasteiger partial charge in [0.15, 0.2) is 5.82 Å². The molecule has 0 aliphatic rings. The molecule has 0 saturated heterocycles. The first-order valence-electron chi connectivity index (χ1n) is 3.55. The fourth-order valence-corrected chi connectivity index (χ4v) is 1.38. The fraction of sp³-hybridized carbons (Fsp3) is 0.125. The van der Waals surface area contributed by atoms with Gasteiger partial charge in [0.25, 0.3) is 0 Å². The van der Waals surface area contributed by atoms with E-state index in [0.29, 0.717) is 5.69 Å². The molecular formula is C8H5Cl3FNO. The third-order valence-electron chi connectivity index (χ3n) is 1.39. The predicted molar refractivity (Wildman–Crippen MR) is 55.8 cm³/mol. The van der Waals surface area contributed by atoms with Crippen LogP contribution < -0.4 is 5.32 Å². The summed E-state index contributed by atoms with van der Waals surface area (Å²) in [5.41, 5.74) is 0.312. The van der Waals surface area contributed by atoms with Gasteiger partial charge in [-0.25, -0.2) is 4.39 Å².